The van der Waals surface area contributed by atoms with Crippen LogP contribution in [0.25, 0.3) is 22.0 Å². The molecule has 1 aliphatic rings. The highest BCUT2D eigenvalue weighted by atomic mass is 32.2. The number of hydrogen-bond donors (Lipinski definition) is 1. The van der Waals surface area contributed by atoms with Crippen molar-refractivity contribution in [2.45, 2.75) is 5.03 Å². The lowest BCUT2D eigenvalue weighted by Crippen LogP contribution is -2.36. The number of methoxy groups -OCH3 is 1. The standard InChI is InChI=1S/C28H27N3O3S/c1-33-23-11-12-24-25(20-5-3-2-4-6-20)18-28(30-26(24)17-23)35-19-27(32)29-21-7-9-22(10-8-21)31-13-15-34-16-14-31/h2-12,17-18H,13-16,19H2,1H3,(H,29,32). The van der Waals surface area contributed by atoms with Crippen LogP contribution in [-0.2, 0) is 9.53 Å². The van der Waals surface area contributed by atoms with E-state index in [1.54, 1.807) is 7.11 Å². The number of morpholine rings is 1. The number of rotatable bonds is 7. The zero-order valence-electron chi connectivity index (χ0n) is 19.6. The van der Waals surface area contributed by atoms with E-state index in [1.165, 1.54) is 11.8 Å². The molecule has 3 aromatic carbocycles. The predicted molar refractivity (Wildman–Crippen MR) is 143 cm³/mol. The second-order valence-electron chi connectivity index (χ2n) is 8.24. The molecule has 1 N–H and O–H groups in total. The number of anilines is 2. The monoisotopic (exact) mass is 485 g/mol. The molecular weight excluding hydrogens is 458 g/mol. The normalized spacial score (nSPS) is 13.6. The summed E-state index contributed by atoms with van der Waals surface area (Å²) in [7, 11) is 1.65. The average Bonchev–Trinajstić information content (AvgIpc) is 2.92. The molecule has 7 heteroatoms. The van der Waals surface area contributed by atoms with E-state index in [-0.39, 0.29) is 11.7 Å². The van der Waals surface area contributed by atoms with Gasteiger partial charge in [-0.15, -0.1) is 0 Å². The fourth-order valence-electron chi connectivity index (χ4n) is 4.16. The highest BCUT2D eigenvalue weighted by Gasteiger charge is 2.13. The van der Waals surface area contributed by atoms with Gasteiger partial charge in [0.15, 0.2) is 0 Å². The fourth-order valence-corrected chi connectivity index (χ4v) is 4.87. The first kappa shape index (κ1) is 23.2. The fraction of sp³-hybridized carbons (Fsp3) is 0.214. The summed E-state index contributed by atoms with van der Waals surface area (Å²) in [5.74, 6) is 0.953. The quantitative estimate of drug-likeness (QED) is 0.350. The van der Waals surface area contributed by atoms with Crippen LogP contribution in [0.4, 0.5) is 11.4 Å². The van der Waals surface area contributed by atoms with Crippen molar-refractivity contribution in [3.05, 3.63) is 78.9 Å². The Labute approximate surface area is 209 Å². The van der Waals surface area contributed by atoms with Crippen LogP contribution in [0.1, 0.15) is 0 Å². The molecule has 0 aliphatic carbocycles. The van der Waals surface area contributed by atoms with E-state index in [0.717, 1.165) is 70.5 Å². The minimum absolute atomic E-state index is 0.0667. The van der Waals surface area contributed by atoms with Crippen molar-refractivity contribution in [2.24, 2.45) is 0 Å². The van der Waals surface area contributed by atoms with Crippen molar-refractivity contribution in [3.63, 3.8) is 0 Å². The van der Waals surface area contributed by atoms with E-state index in [9.17, 15) is 4.79 Å². The SMILES string of the molecule is COc1ccc2c(-c3ccccc3)cc(SCC(=O)Nc3ccc(N4CCOCC4)cc3)nc2c1. The first-order valence-corrected chi connectivity index (χ1v) is 12.6. The molecular formula is C28H27N3O3S. The van der Waals surface area contributed by atoms with Crippen LogP contribution >= 0.6 is 11.8 Å². The zero-order valence-corrected chi connectivity index (χ0v) is 20.4. The van der Waals surface area contributed by atoms with E-state index in [1.807, 2.05) is 60.7 Å². The Hall–Kier alpha value is -3.55. The third kappa shape index (κ3) is 5.58. The Morgan fingerprint density at radius 1 is 1.03 bits per heavy atom. The van der Waals surface area contributed by atoms with Gasteiger partial charge in [-0.2, -0.15) is 0 Å². The number of aromatic nitrogens is 1. The Kier molecular flexibility index (Phi) is 7.16. The Morgan fingerprint density at radius 2 is 1.80 bits per heavy atom. The van der Waals surface area contributed by atoms with Crippen molar-refractivity contribution in [3.8, 4) is 16.9 Å². The van der Waals surface area contributed by atoms with Gasteiger partial charge in [0.05, 0.1) is 36.6 Å². The Balaban J connectivity index is 1.29. The summed E-state index contributed by atoms with van der Waals surface area (Å²) in [6, 6.07) is 26.2. The number of benzene rings is 3. The molecule has 0 radical (unpaired) electrons. The first-order valence-electron chi connectivity index (χ1n) is 11.6. The highest BCUT2D eigenvalue weighted by Crippen LogP contribution is 2.33. The van der Waals surface area contributed by atoms with Gasteiger partial charge in [-0.3, -0.25) is 4.79 Å². The third-order valence-corrected chi connectivity index (χ3v) is 6.87. The minimum atomic E-state index is -0.0667. The lowest BCUT2D eigenvalue weighted by molar-refractivity contribution is -0.113. The first-order chi connectivity index (χ1) is 17.2. The summed E-state index contributed by atoms with van der Waals surface area (Å²) in [5.41, 5.74) is 4.96. The van der Waals surface area contributed by atoms with Crippen LogP contribution in [0, 0.1) is 0 Å². The molecule has 1 aromatic heterocycles. The second kappa shape index (κ2) is 10.8. The van der Waals surface area contributed by atoms with Crippen molar-refractivity contribution < 1.29 is 14.3 Å². The molecule has 1 aliphatic heterocycles. The number of carbonyl (C=O) groups is 1. The van der Waals surface area contributed by atoms with E-state index in [0.29, 0.717) is 0 Å². The molecule has 178 valence electrons. The maximum Gasteiger partial charge on any atom is 0.234 e. The number of thioether (sulfide) groups is 1. The molecule has 0 spiro atoms. The zero-order chi connectivity index (χ0) is 24.0. The number of hydrogen-bond acceptors (Lipinski definition) is 6. The second-order valence-corrected chi connectivity index (χ2v) is 9.24. The van der Waals surface area contributed by atoms with Gasteiger partial charge in [-0.05, 0) is 53.6 Å². The van der Waals surface area contributed by atoms with E-state index < -0.39 is 0 Å². The molecule has 4 aromatic rings. The lowest BCUT2D eigenvalue weighted by atomic mass is 10.0. The number of nitrogens with zero attached hydrogens (tertiary/aromatic N) is 2. The number of amides is 1. The summed E-state index contributed by atoms with van der Waals surface area (Å²) in [6.45, 7) is 3.27. The Morgan fingerprint density at radius 3 is 2.54 bits per heavy atom. The lowest BCUT2D eigenvalue weighted by Gasteiger charge is -2.28. The van der Waals surface area contributed by atoms with Gasteiger partial charge in [-0.25, -0.2) is 4.98 Å². The van der Waals surface area contributed by atoms with Crippen molar-refractivity contribution in [1.29, 1.82) is 0 Å². The summed E-state index contributed by atoms with van der Waals surface area (Å²) in [4.78, 5) is 19.8. The van der Waals surface area contributed by atoms with Crippen LogP contribution in [0.2, 0.25) is 0 Å². The molecule has 0 unspecified atom stereocenters. The molecule has 2 heterocycles. The summed E-state index contributed by atoms with van der Waals surface area (Å²) in [6.07, 6.45) is 0. The van der Waals surface area contributed by atoms with Crippen molar-refractivity contribution in [2.75, 3.05) is 49.4 Å². The van der Waals surface area contributed by atoms with Gasteiger partial charge in [0.25, 0.3) is 0 Å². The smallest absolute Gasteiger partial charge is 0.234 e. The van der Waals surface area contributed by atoms with Crippen molar-refractivity contribution >= 4 is 39.9 Å². The Bertz CT molecular complexity index is 1310. The molecule has 35 heavy (non-hydrogen) atoms. The number of fused-ring (bicyclic) bond motifs is 1. The number of ether oxygens (including phenoxy) is 2. The summed E-state index contributed by atoms with van der Waals surface area (Å²) in [5, 5.41) is 4.83. The predicted octanol–water partition coefficient (Wildman–Crippen LogP) is 5.48. The van der Waals surface area contributed by atoms with E-state index in [4.69, 9.17) is 14.5 Å². The van der Waals surface area contributed by atoms with Gasteiger partial charge in [0.1, 0.15) is 5.75 Å². The maximum absolute atomic E-state index is 12.7. The minimum Gasteiger partial charge on any atom is -0.497 e. The van der Waals surface area contributed by atoms with Crippen LogP contribution in [-0.4, -0.2) is 50.1 Å². The van der Waals surface area contributed by atoms with Gasteiger partial charge in [0, 0.05) is 35.9 Å². The number of nitrogens with one attached hydrogen (secondary N) is 1. The van der Waals surface area contributed by atoms with Gasteiger partial charge in [-0.1, -0.05) is 42.1 Å². The van der Waals surface area contributed by atoms with Crippen molar-refractivity contribution in [1.82, 2.24) is 4.98 Å². The summed E-state index contributed by atoms with van der Waals surface area (Å²) >= 11 is 1.42. The number of carbonyl (C=O) groups excluding carboxylic acids is 1. The third-order valence-electron chi connectivity index (χ3n) is 5.96. The van der Waals surface area contributed by atoms with E-state index in [2.05, 4.69) is 28.4 Å². The number of pyridine rings is 1. The van der Waals surface area contributed by atoms with Crippen LogP contribution < -0.4 is 15.0 Å². The molecule has 0 saturated carbocycles. The molecule has 0 bridgehead atoms. The van der Waals surface area contributed by atoms with Crippen LogP contribution in [0.5, 0.6) is 5.75 Å². The van der Waals surface area contributed by atoms with Crippen LogP contribution in [0.15, 0.2) is 83.9 Å². The average molecular weight is 486 g/mol. The molecule has 1 fully saturated rings. The molecule has 0 atom stereocenters. The molecule has 1 saturated heterocycles. The topological polar surface area (TPSA) is 63.7 Å². The largest absolute Gasteiger partial charge is 0.497 e. The van der Waals surface area contributed by atoms with Gasteiger partial charge >= 0.3 is 0 Å². The van der Waals surface area contributed by atoms with Crippen LogP contribution in [0.3, 0.4) is 0 Å². The van der Waals surface area contributed by atoms with E-state index >= 15 is 0 Å². The van der Waals surface area contributed by atoms with Gasteiger partial charge < -0.3 is 19.7 Å². The maximum atomic E-state index is 12.7. The summed E-state index contributed by atoms with van der Waals surface area (Å²) < 4.78 is 10.8. The molecule has 5 rings (SSSR count). The molecule has 6 nitrogen and oxygen atoms in total. The highest BCUT2D eigenvalue weighted by molar-refractivity contribution is 7.99. The van der Waals surface area contributed by atoms with Gasteiger partial charge in [0.2, 0.25) is 5.91 Å². The molecule has 1 amide bonds.